The summed E-state index contributed by atoms with van der Waals surface area (Å²) in [6, 6.07) is 21.4. The fourth-order valence-corrected chi connectivity index (χ4v) is 5.90. The van der Waals surface area contributed by atoms with Crippen LogP contribution in [0.2, 0.25) is 5.02 Å². The number of nitrogens with one attached hydrogen (secondary N) is 1. The van der Waals surface area contributed by atoms with E-state index in [0.717, 1.165) is 27.5 Å². The molecule has 174 valence electrons. The number of hydrogen-bond donors (Lipinski definition) is 1. The van der Waals surface area contributed by atoms with Crippen molar-refractivity contribution < 1.29 is 13.2 Å². The van der Waals surface area contributed by atoms with Gasteiger partial charge in [-0.3, -0.25) is 9.10 Å². The first-order valence-electron chi connectivity index (χ1n) is 10.5. The highest BCUT2D eigenvalue weighted by Gasteiger charge is 2.28. The Labute approximate surface area is 205 Å². The van der Waals surface area contributed by atoms with Crippen LogP contribution in [0.5, 0.6) is 0 Å². The molecule has 3 rings (SSSR count). The monoisotopic (exact) mass is 502 g/mol. The molecule has 1 N–H and O–H groups in total. The lowest BCUT2D eigenvalue weighted by molar-refractivity contribution is -0.119. The molecule has 33 heavy (non-hydrogen) atoms. The van der Waals surface area contributed by atoms with Gasteiger partial charge >= 0.3 is 0 Å². The average Bonchev–Trinajstić information content (AvgIpc) is 2.80. The second-order valence-corrected chi connectivity index (χ2v) is 11.0. The number of aryl methyl sites for hydroxylation is 2. The minimum Gasteiger partial charge on any atom is -0.354 e. The lowest BCUT2D eigenvalue weighted by Gasteiger charge is -2.26. The van der Waals surface area contributed by atoms with Crippen LogP contribution in [0.1, 0.15) is 16.7 Å². The minimum absolute atomic E-state index is 0.147. The highest BCUT2D eigenvalue weighted by Crippen LogP contribution is 2.27. The molecule has 1 amide bonds. The highest BCUT2D eigenvalue weighted by atomic mass is 35.5. The number of halogens is 1. The number of anilines is 1. The molecule has 5 nitrogen and oxygen atoms in total. The second kappa shape index (κ2) is 11.6. The van der Waals surface area contributed by atoms with Crippen LogP contribution in [0.3, 0.4) is 0 Å². The number of thioether (sulfide) groups is 1. The molecular weight excluding hydrogens is 476 g/mol. The van der Waals surface area contributed by atoms with Gasteiger partial charge in [-0.2, -0.15) is 11.8 Å². The van der Waals surface area contributed by atoms with Crippen LogP contribution in [0, 0.1) is 13.8 Å². The molecule has 0 heterocycles. The molecule has 3 aromatic carbocycles. The van der Waals surface area contributed by atoms with E-state index < -0.39 is 10.0 Å². The standard InChI is InChI=1S/C25H27ClN2O3S2/c1-19-12-13-20(2)24(16-19)28(33(30,31)22-9-4-3-5-10-22)17-25(29)27-14-15-32-18-21-8-6-7-11-23(21)26/h3-13,16H,14-15,17-18H2,1-2H3,(H,27,29). The first-order chi connectivity index (χ1) is 15.8. The number of carbonyl (C=O) groups excluding carboxylic acids is 1. The molecule has 0 aromatic heterocycles. The fraction of sp³-hybridized carbons (Fsp3) is 0.240. The van der Waals surface area contributed by atoms with Gasteiger partial charge in [0.15, 0.2) is 0 Å². The highest BCUT2D eigenvalue weighted by molar-refractivity contribution is 7.98. The normalized spacial score (nSPS) is 11.2. The summed E-state index contributed by atoms with van der Waals surface area (Å²) in [5.74, 6) is 1.08. The number of rotatable bonds is 10. The Bertz CT molecular complexity index is 1200. The molecule has 0 radical (unpaired) electrons. The van der Waals surface area contributed by atoms with E-state index in [2.05, 4.69) is 5.32 Å². The van der Waals surface area contributed by atoms with E-state index in [0.29, 0.717) is 18.0 Å². The van der Waals surface area contributed by atoms with E-state index in [1.165, 1.54) is 16.4 Å². The Morgan fingerprint density at radius 2 is 1.70 bits per heavy atom. The molecule has 0 saturated heterocycles. The lowest BCUT2D eigenvalue weighted by atomic mass is 10.1. The van der Waals surface area contributed by atoms with E-state index in [1.54, 1.807) is 36.0 Å². The molecule has 3 aromatic rings. The molecule has 8 heteroatoms. The van der Waals surface area contributed by atoms with E-state index in [1.807, 2.05) is 50.2 Å². The van der Waals surface area contributed by atoms with E-state index in [9.17, 15) is 13.2 Å². The smallest absolute Gasteiger partial charge is 0.264 e. The first-order valence-corrected chi connectivity index (χ1v) is 13.5. The van der Waals surface area contributed by atoms with Crippen LogP contribution < -0.4 is 9.62 Å². The van der Waals surface area contributed by atoms with Crippen molar-refractivity contribution in [2.24, 2.45) is 0 Å². The number of benzene rings is 3. The number of nitrogens with zero attached hydrogens (tertiary/aromatic N) is 1. The Morgan fingerprint density at radius 1 is 1.00 bits per heavy atom. The van der Waals surface area contributed by atoms with Gasteiger partial charge in [0.25, 0.3) is 10.0 Å². The van der Waals surface area contributed by atoms with Crippen molar-refractivity contribution >= 4 is 45.0 Å². The Hall–Kier alpha value is -2.48. The fourth-order valence-electron chi connectivity index (χ4n) is 3.25. The third-order valence-electron chi connectivity index (χ3n) is 5.04. The van der Waals surface area contributed by atoms with E-state index in [-0.39, 0.29) is 17.3 Å². The number of hydrogen-bond acceptors (Lipinski definition) is 4. The van der Waals surface area contributed by atoms with E-state index in [4.69, 9.17) is 11.6 Å². The molecular formula is C25H27ClN2O3S2. The maximum absolute atomic E-state index is 13.4. The Balaban J connectivity index is 1.68. The van der Waals surface area contributed by atoms with Crippen molar-refractivity contribution in [3.63, 3.8) is 0 Å². The summed E-state index contributed by atoms with van der Waals surface area (Å²) in [5, 5.41) is 3.57. The molecule has 0 spiro atoms. The van der Waals surface area contributed by atoms with Crippen molar-refractivity contribution in [3.8, 4) is 0 Å². The first kappa shape index (κ1) is 25.1. The number of amides is 1. The zero-order chi connectivity index (χ0) is 23.8. The summed E-state index contributed by atoms with van der Waals surface area (Å²) >= 11 is 7.83. The zero-order valence-electron chi connectivity index (χ0n) is 18.6. The summed E-state index contributed by atoms with van der Waals surface area (Å²) in [5.41, 5.74) is 3.25. The summed E-state index contributed by atoms with van der Waals surface area (Å²) < 4.78 is 28.0. The van der Waals surface area contributed by atoms with Crippen LogP contribution >= 0.6 is 23.4 Å². The predicted molar refractivity (Wildman–Crippen MR) is 138 cm³/mol. The summed E-state index contributed by atoms with van der Waals surface area (Å²) in [7, 11) is -3.91. The SMILES string of the molecule is Cc1ccc(C)c(N(CC(=O)NCCSCc2ccccc2Cl)S(=O)(=O)c2ccccc2)c1. The Kier molecular flexibility index (Phi) is 8.83. The quantitative estimate of drug-likeness (QED) is 0.387. The largest absolute Gasteiger partial charge is 0.354 e. The second-order valence-electron chi connectivity index (χ2n) is 7.61. The van der Waals surface area contributed by atoms with Crippen molar-refractivity contribution in [2.75, 3.05) is 23.1 Å². The van der Waals surface area contributed by atoms with Gasteiger partial charge < -0.3 is 5.32 Å². The molecule has 0 saturated carbocycles. The molecule has 0 atom stereocenters. The van der Waals surface area contributed by atoms with Gasteiger partial charge in [-0.1, -0.05) is 60.1 Å². The topological polar surface area (TPSA) is 66.5 Å². The van der Waals surface area contributed by atoms with E-state index >= 15 is 0 Å². The van der Waals surface area contributed by atoms with Crippen molar-refractivity contribution in [1.82, 2.24) is 5.32 Å². The van der Waals surface area contributed by atoms with Crippen LogP contribution in [-0.4, -0.2) is 33.2 Å². The maximum Gasteiger partial charge on any atom is 0.264 e. The Morgan fingerprint density at radius 3 is 2.42 bits per heavy atom. The van der Waals surface area contributed by atoms with Crippen LogP contribution in [-0.2, 0) is 20.6 Å². The van der Waals surface area contributed by atoms with Crippen molar-refractivity contribution in [1.29, 1.82) is 0 Å². The molecule has 0 bridgehead atoms. The number of sulfonamides is 1. The average molecular weight is 503 g/mol. The number of carbonyl (C=O) groups is 1. The lowest BCUT2D eigenvalue weighted by Crippen LogP contribution is -2.41. The van der Waals surface area contributed by atoms with Crippen molar-refractivity contribution in [3.05, 3.63) is 94.5 Å². The molecule has 0 aliphatic carbocycles. The van der Waals surface area contributed by atoms with Gasteiger partial charge in [-0.25, -0.2) is 8.42 Å². The molecule has 0 fully saturated rings. The third-order valence-corrected chi connectivity index (χ3v) is 8.19. The summed E-state index contributed by atoms with van der Waals surface area (Å²) in [4.78, 5) is 12.9. The molecule has 0 aliphatic heterocycles. The van der Waals surface area contributed by atoms with Crippen LogP contribution in [0.25, 0.3) is 0 Å². The molecule has 0 unspecified atom stereocenters. The zero-order valence-corrected chi connectivity index (χ0v) is 21.0. The van der Waals surface area contributed by atoms with Gasteiger partial charge in [0.2, 0.25) is 5.91 Å². The third kappa shape index (κ3) is 6.76. The van der Waals surface area contributed by atoms with Gasteiger partial charge in [0.05, 0.1) is 10.6 Å². The van der Waals surface area contributed by atoms with Gasteiger partial charge in [-0.15, -0.1) is 0 Å². The minimum atomic E-state index is -3.91. The van der Waals surface area contributed by atoms with Gasteiger partial charge in [0, 0.05) is 23.1 Å². The van der Waals surface area contributed by atoms with Crippen LogP contribution in [0.15, 0.2) is 77.7 Å². The van der Waals surface area contributed by atoms with Crippen molar-refractivity contribution in [2.45, 2.75) is 24.5 Å². The maximum atomic E-state index is 13.4. The van der Waals surface area contributed by atoms with Crippen LogP contribution in [0.4, 0.5) is 5.69 Å². The molecule has 0 aliphatic rings. The summed E-state index contributed by atoms with van der Waals surface area (Å²) in [6.07, 6.45) is 0. The summed E-state index contributed by atoms with van der Waals surface area (Å²) in [6.45, 7) is 3.87. The van der Waals surface area contributed by atoms with Gasteiger partial charge in [-0.05, 0) is 54.8 Å². The van der Waals surface area contributed by atoms with Gasteiger partial charge in [0.1, 0.15) is 6.54 Å². The predicted octanol–water partition coefficient (Wildman–Crippen LogP) is 5.20.